The number of nitrogens with two attached hydrogens (primary N) is 1. The summed E-state index contributed by atoms with van der Waals surface area (Å²) in [5.74, 6) is -1.36. The molecule has 0 fully saturated rings. The molecule has 10 heteroatoms. The average Bonchev–Trinajstić information content (AvgIpc) is 2.81. The predicted molar refractivity (Wildman–Crippen MR) is 133 cm³/mol. The van der Waals surface area contributed by atoms with Gasteiger partial charge in [-0.15, -0.1) is 0 Å². The van der Waals surface area contributed by atoms with Crippen molar-refractivity contribution < 1.29 is 27.5 Å². The SMILES string of the molecule is CCCC(OC)C(CNCc1ccc(C)cc1C)NC(=O)CNC(=O)c1cc(C(F)(F)F)ccc1N. The molecule has 198 valence electrons. The number of hydrogen-bond donors (Lipinski definition) is 4. The molecule has 2 atom stereocenters. The van der Waals surface area contributed by atoms with Gasteiger partial charge in [0.2, 0.25) is 5.91 Å². The van der Waals surface area contributed by atoms with Gasteiger partial charge in [0, 0.05) is 25.9 Å². The summed E-state index contributed by atoms with van der Waals surface area (Å²) >= 11 is 0. The molecule has 2 amide bonds. The van der Waals surface area contributed by atoms with Crippen LogP contribution in [-0.4, -0.2) is 44.2 Å². The number of nitrogens with one attached hydrogen (secondary N) is 3. The predicted octanol–water partition coefficient (Wildman–Crippen LogP) is 3.72. The van der Waals surface area contributed by atoms with Crippen LogP contribution in [0.1, 0.15) is 52.4 Å². The lowest BCUT2D eigenvalue weighted by Crippen LogP contribution is -2.52. The number of carbonyl (C=O) groups excluding carboxylic acids is 2. The van der Waals surface area contributed by atoms with E-state index < -0.39 is 30.1 Å². The molecule has 0 aromatic heterocycles. The molecule has 2 aromatic rings. The van der Waals surface area contributed by atoms with Gasteiger partial charge >= 0.3 is 6.18 Å². The molecule has 5 N–H and O–H groups in total. The van der Waals surface area contributed by atoms with Crippen LogP contribution in [0, 0.1) is 13.8 Å². The molecular formula is C26H35F3N4O3. The minimum atomic E-state index is -4.62. The van der Waals surface area contributed by atoms with E-state index in [1.165, 1.54) is 5.56 Å². The average molecular weight is 509 g/mol. The summed E-state index contributed by atoms with van der Waals surface area (Å²) in [6.07, 6.45) is -3.33. The van der Waals surface area contributed by atoms with Crippen LogP contribution in [0.15, 0.2) is 36.4 Å². The fourth-order valence-electron chi connectivity index (χ4n) is 3.89. The molecule has 0 heterocycles. The van der Waals surface area contributed by atoms with Crippen LogP contribution in [0.4, 0.5) is 18.9 Å². The van der Waals surface area contributed by atoms with Crippen molar-refractivity contribution in [2.24, 2.45) is 0 Å². The van der Waals surface area contributed by atoms with Crippen LogP contribution in [0.2, 0.25) is 0 Å². The molecule has 36 heavy (non-hydrogen) atoms. The first-order valence-corrected chi connectivity index (χ1v) is 11.8. The first kappa shape index (κ1) is 29.1. The van der Waals surface area contributed by atoms with E-state index in [9.17, 15) is 22.8 Å². The molecular weight excluding hydrogens is 473 g/mol. The van der Waals surface area contributed by atoms with E-state index in [4.69, 9.17) is 10.5 Å². The second-order valence-electron chi connectivity index (χ2n) is 8.78. The van der Waals surface area contributed by atoms with Gasteiger partial charge in [-0.25, -0.2) is 0 Å². The van der Waals surface area contributed by atoms with Gasteiger partial charge in [0.1, 0.15) is 0 Å². The number of aryl methyl sites for hydroxylation is 2. The number of benzene rings is 2. The highest BCUT2D eigenvalue weighted by atomic mass is 19.4. The summed E-state index contributed by atoms with van der Waals surface area (Å²) in [6, 6.07) is 8.30. The normalized spacial score (nSPS) is 13.2. The molecule has 2 aromatic carbocycles. The zero-order valence-corrected chi connectivity index (χ0v) is 21.1. The van der Waals surface area contributed by atoms with Crippen LogP contribution in [0.5, 0.6) is 0 Å². The Kier molecular flexibility index (Phi) is 10.7. The van der Waals surface area contributed by atoms with E-state index in [-0.39, 0.29) is 23.4 Å². The first-order chi connectivity index (χ1) is 17.0. The molecule has 0 aliphatic rings. The zero-order valence-electron chi connectivity index (χ0n) is 21.1. The monoisotopic (exact) mass is 508 g/mol. The van der Waals surface area contributed by atoms with Crippen molar-refractivity contribution >= 4 is 17.5 Å². The highest BCUT2D eigenvalue weighted by Crippen LogP contribution is 2.31. The van der Waals surface area contributed by atoms with Crippen molar-refractivity contribution in [3.63, 3.8) is 0 Å². The van der Waals surface area contributed by atoms with Gasteiger partial charge in [-0.2, -0.15) is 13.2 Å². The number of carbonyl (C=O) groups is 2. The van der Waals surface area contributed by atoms with Crippen molar-refractivity contribution in [2.45, 2.75) is 58.5 Å². The Balaban J connectivity index is 2.01. The Morgan fingerprint density at radius 3 is 2.44 bits per heavy atom. The van der Waals surface area contributed by atoms with Crippen molar-refractivity contribution in [1.29, 1.82) is 0 Å². The number of amides is 2. The van der Waals surface area contributed by atoms with E-state index in [0.717, 1.165) is 29.7 Å². The van der Waals surface area contributed by atoms with Crippen molar-refractivity contribution in [1.82, 2.24) is 16.0 Å². The van der Waals surface area contributed by atoms with Gasteiger partial charge < -0.3 is 26.4 Å². The third-order valence-electron chi connectivity index (χ3n) is 5.88. The number of alkyl halides is 3. The smallest absolute Gasteiger partial charge is 0.398 e. The molecule has 0 spiro atoms. The lowest BCUT2D eigenvalue weighted by molar-refractivity contribution is -0.137. The fourth-order valence-corrected chi connectivity index (χ4v) is 3.89. The van der Waals surface area contributed by atoms with Gasteiger partial charge in [-0.3, -0.25) is 9.59 Å². The Labute approximate surface area is 210 Å². The number of ether oxygens (including phenoxy) is 1. The Morgan fingerprint density at radius 1 is 1.11 bits per heavy atom. The van der Waals surface area contributed by atoms with Gasteiger partial charge in [-0.1, -0.05) is 37.1 Å². The molecule has 7 nitrogen and oxygen atoms in total. The van der Waals surface area contributed by atoms with Gasteiger partial charge in [-0.05, 0) is 49.6 Å². The highest BCUT2D eigenvalue weighted by Gasteiger charge is 2.31. The van der Waals surface area contributed by atoms with E-state index in [1.54, 1.807) is 7.11 Å². The summed E-state index contributed by atoms with van der Waals surface area (Å²) in [4.78, 5) is 25.1. The highest BCUT2D eigenvalue weighted by molar-refractivity contribution is 6.00. The van der Waals surface area contributed by atoms with Crippen molar-refractivity contribution in [3.8, 4) is 0 Å². The lowest BCUT2D eigenvalue weighted by Gasteiger charge is -2.27. The summed E-state index contributed by atoms with van der Waals surface area (Å²) in [5.41, 5.74) is 7.71. The minimum Gasteiger partial charge on any atom is -0.398 e. The van der Waals surface area contributed by atoms with Crippen LogP contribution in [0.3, 0.4) is 0 Å². The van der Waals surface area contributed by atoms with Crippen LogP contribution in [-0.2, 0) is 22.3 Å². The second-order valence-corrected chi connectivity index (χ2v) is 8.78. The lowest BCUT2D eigenvalue weighted by atomic mass is 10.0. The molecule has 0 aliphatic carbocycles. The van der Waals surface area contributed by atoms with Crippen LogP contribution in [0.25, 0.3) is 0 Å². The van der Waals surface area contributed by atoms with E-state index >= 15 is 0 Å². The van der Waals surface area contributed by atoms with E-state index in [0.29, 0.717) is 25.6 Å². The van der Waals surface area contributed by atoms with Gasteiger partial charge in [0.05, 0.1) is 29.8 Å². The Hall–Kier alpha value is -3.11. The standard InChI is InChI=1S/C26H35F3N4O3/c1-5-6-23(36-4)22(14-31-13-18-8-7-16(2)11-17(18)3)33-24(34)15-32-25(35)20-12-19(26(27,28)29)9-10-21(20)30/h7-12,22-23,31H,5-6,13-15,30H2,1-4H3,(H,32,35)(H,33,34). The summed E-state index contributed by atoms with van der Waals surface area (Å²) in [7, 11) is 1.57. The Morgan fingerprint density at radius 2 is 1.83 bits per heavy atom. The maximum atomic E-state index is 13.0. The van der Waals surface area contributed by atoms with Gasteiger partial charge in [0.25, 0.3) is 5.91 Å². The topological polar surface area (TPSA) is 105 Å². The number of methoxy groups -OCH3 is 1. The molecule has 0 radical (unpaired) electrons. The Bertz CT molecular complexity index is 1040. The van der Waals surface area contributed by atoms with E-state index in [1.807, 2.05) is 26.8 Å². The number of rotatable bonds is 12. The summed E-state index contributed by atoms with van der Waals surface area (Å²) < 4.78 is 44.6. The summed E-state index contributed by atoms with van der Waals surface area (Å²) in [5, 5.41) is 8.57. The second kappa shape index (κ2) is 13.3. The molecule has 0 saturated carbocycles. The molecule has 0 bridgehead atoms. The first-order valence-electron chi connectivity index (χ1n) is 11.8. The number of halogens is 3. The molecule has 2 rings (SSSR count). The zero-order chi connectivity index (χ0) is 26.9. The molecule has 0 aliphatic heterocycles. The van der Waals surface area contributed by atoms with Gasteiger partial charge in [0.15, 0.2) is 0 Å². The number of nitrogen functional groups attached to an aromatic ring is 1. The minimum absolute atomic E-state index is 0.114. The molecule has 0 saturated heterocycles. The maximum Gasteiger partial charge on any atom is 0.416 e. The van der Waals surface area contributed by atoms with Crippen molar-refractivity contribution in [2.75, 3.05) is 25.9 Å². The summed E-state index contributed by atoms with van der Waals surface area (Å²) in [6.45, 7) is 6.68. The number of anilines is 1. The molecule has 2 unspecified atom stereocenters. The van der Waals surface area contributed by atoms with E-state index in [2.05, 4.69) is 28.1 Å². The van der Waals surface area contributed by atoms with Crippen molar-refractivity contribution in [3.05, 3.63) is 64.2 Å². The number of hydrogen-bond acceptors (Lipinski definition) is 5. The fraction of sp³-hybridized carbons (Fsp3) is 0.462. The van der Waals surface area contributed by atoms with Crippen LogP contribution >= 0.6 is 0 Å². The quantitative estimate of drug-likeness (QED) is 0.327. The van der Waals surface area contributed by atoms with Crippen LogP contribution < -0.4 is 21.7 Å². The maximum absolute atomic E-state index is 13.0. The third-order valence-corrected chi connectivity index (χ3v) is 5.88. The third kappa shape index (κ3) is 8.53. The largest absolute Gasteiger partial charge is 0.416 e.